The molecule has 2 heterocycles. The minimum Gasteiger partial charge on any atom is -0.390 e. The molecule has 2 aliphatic rings. The van der Waals surface area contributed by atoms with Gasteiger partial charge in [-0.1, -0.05) is 19.3 Å². The van der Waals surface area contributed by atoms with Gasteiger partial charge in [0.2, 0.25) is 0 Å². The summed E-state index contributed by atoms with van der Waals surface area (Å²) >= 11 is 0. The van der Waals surface area contributed by atoms with Crippen molar-refractivity contribution in [3.63, 3.8) is 0 Å². The standard InChI is InChI=1S/C19H29N5O6/c1-11-10-24(19(29)23-16(11)26)14-9-13(25)15(30-14)17(27)20-7-8-21-18(28)22-12-5-3-2-4-6-12/h10,12-15,25H,2-9H2,1H3,(H,20,27)(H2,21,22,28)(H,23,26,29)/t13-,14+,15-/m0/s1. The highest BCUT2D eigenvalue weighted by atomic mass is 16.5. The summed E-state index contributed by atoms with van der Waals surface area (Å²) in [7, 11) is 0. The van der Waals surface area contributed by atoms with Crippen LogP contribution in [0.15, 0.2) is 15.8 Å². The summed E-state index contributed by atoms with van der Waals surface area (Å²) in [6.07, 6.45) is 3.69. The summed E-state index contributed by atoms with van der Waals surface area (Å²) in [6, 6.07) is -0.0616. The van der Waals surface area contributed by atoms with Gasteiger partial charge >= 0.3 is 11.7 Å². The van der Waals surface area contributed by atoms with Gasteiger partial charge in [-0.3, -0.25) is 19.1 Å². The number of carbonyl (C=O) groups is 2. The van der Waals surface area contributed by atoms with Crippen LogP contribution >= 0.6 is 0 Å². The first kappa shape index (κ1) is 22.0. The average molecular weight is 423 g/mol. The minimum absolute atomic E-state index is 0.0333. The maximum absolute atomic E-state index is 12.3. The average Bonchev–Trinajstić information content (AvgIpc) is 3.10. The number of carbonyl (C=O) groups excluding carboxylic acids is 2. The van der Waals surface area contributed by atoms with Gasteiger partial charge in [0.1, 0.15) is 6.23 Å². The molecule has 1 aromatic rings. The Balaban J connectivity index is 1.43. The first-order valence-electron chi connectivity index (χ1n) is 10.3. The van der Waals surface area contributed by atoms with Gasteiger partial charge < -0.3 is 25.8 Å². The Morgan fingerprint density at radius 2 is 1.90 bits per heavy atom. The number of H-pyrrole nitrogens is 1. The molecule has 1 saturated carbocycles. The zero-order chi connectivity index (χ0) is 21.7. The quantitative estimate of drug-likeness (QED) is 0.379. The van der Waals surface area contributed by atoms with Crippen molar-refractivity contribution in [3.8, 4) is 0 Å². The summed E-state index contributed by atoms with van der Waals surface area (Å²) < 4.78 is 6.71. The highest BCUT2D eigenvalue weighted by Gasteiger charge is 2.40. The fourth-order valence-corrected chi connectivity index (χ4v) is 3.81. The third-order valence-corrected chi connectivity index (χ3v) is 5.46. The number of hydrogen-bond donors (Lipinski definition) is 5. The summed E-state index contributed by atoms with van der Waals surface area (Å²) in [4.78, 5) is 49.9. The molecule has 0 spiro atoms. The van der Waals surface area contributed by atoms with Crippen molar-refractivity contribution >= 4 is 11.9 Å². The second-order valence-corrected chi connectivity index (χ2v) is 7.82. The van der Waals surface area contributed by atoms with E-state index in [0.717, 1.165) is 30.3 Å². The zero-order valence-corrected chi connectivity index (χ0v) is 17.0. The predicted molar refractivity (Wildman–Crippen MR) is 107 cm³/mol. The Morgan fingerprint density at radius 1 is 1.20 bits per heavy atom. The van der Waals surface area contributed by atoms with Gasteiger partial charge in [0.15, 0.2) is 6.10 Å². The minimum atomic E-state index is -1.15. The van der Waals surface area contributed by atoms with Crippen LogP contribution in [0.5, 0.6) is 0 Å². The highest BCUT2D eigenvalue weighted by molar-refractivity contribution is 5.81. The molecule has 1 aliphatic heterocycles. The van der Waals surface area contributed by atoms with Crippen molar-refractivity contribution in [2.45, 2.75) is 69.9 Å². The van der Waals surface area contributed by atoms with Crippen LogP contribution in [0.2, 0.25) is 0 Å². The molecule has 0 radical (unpaired) electrons. The van der Waals surface area contributed by atoms with E-state index in [0.29, 0.717) is 5.56 Å². The summed E-state index contributed by atoms with van der Waals surface area (Å²) in [5.74, 6) is -0.534. The maximum atomic E-state index is 12.3. The molecule has 1 aliphatic carbocycles. The number of hydrogen-bond acceptors (Lipinski definition) is 6. The largest absolute Gasteiger partial charge is 0.390 e. The monoisotopic (exact) mass is 423 g/mol. The fourth-order valence-electron chi connectivity index (χ4n) is 3.81. The molecule has 30 heavy (non-hydrogen) atoms. The number of rotatable bonds is 6. The van der Waals surface area contributed by atoms with E-state index in [1.165, 1.54) is 12.6 Å². The Labute approximate surface area is 173 Å². The van der Waals surface area contributed by atoms with Crippen molar-refractivity contribution in [3.05, 3.63) is 32.6 Å². The van der Waals surface area contributed by atoms with Gasteiger partial charge in [0.25, 0.3) is 11.5 Å². The normalized spacial score (nSPS) is 24.4. The zero-order valence-electron chi connectivity index (χ0n) is 17.0. The van der Waals surface area contributed by atoms with Gasteiger partial charge in [-0.25, -0.2) is 9.59 Å². The van der Waals surface area contributed by atoms with Gasteiger partial charge in [0.05, 0.1) is 6.10 Å². The highest BCUT2D eigenvalue weighted by Crippen LogP contribution is 2.27. The lowest BCUT2D eigenvalue weighted by Gasteiger charge is -2.23. The number of amides is 3. The molecular weight excluding hydrogens is 394 g/mol. The molecule has 3 atom stereocenters. The SMILES string of the molecule is Cc1cn([C@H]2C[C@H](O)[C@@H](C(=O)NCCNC(=O)NC3CCCCC3)O2)c(=O)[nH]c1=O. The molecule has 11 heteroatoms. The lowest BCUT2D eigenvalue weighted by molar-refractivity contribution is -0.137. The summed E-state index contributed by atoms with van der Waals surface area (Å²) in [5, 5.41) is 18.4. The van der Waals surface area contributed by atoms with E-state index in [2.05, 4.69) is 20.9 Å². The molecular formula is C19H29N5O6. The Hall–Kier alpha value is -2.66. The van der Waals surface area contributed by atoms with Gasteiger partial charge in [0, 0.05) is 37.3 Å². The number of aromatic nitrogens is 2. The van der Waals surface area contributed by atoms with Crippen LogP contribution < -0.4 is 27.2 Å². The van der Waals surface area contributed by atoms with Gasteiger partial charge in [-0.05, 0) is 19.8 Å². The van der Waals surface area contributed by atoms with E-state index >= 15 is 0 Å². The van der Waals surface area contributed by atoms with Crippen molar-refractivity contribution < 1.29 is 19.4 Å². The number of urea groups is 1. The second-order valence-electron chi connectivity index (χ2n) is 7.82. The number of aliphatic hydroxyl groups is 1. The molecule has 166 valence electrons. The number of ether oxygens (including phenoxy) is 1. The molecule has 5 N–H and O–H groups in total. The molecule has 1 saturated heterocycles. The summed E-state index contributed by atoms with van der Waals surface area (Å²) in [5.41, 5.74) is -0.848. The molecule has 11 nitrogen and oxygen atoms in total. The van der Waals surface area contributed by atoms with E-state index in [4.69, 9.17) is 4.74 Å². The van der Waals surface area contributed by atoms with Crippen LogP contribution in [0, 0.1) is 6.92 Å². The molecule has 0 bridgehead atoms. The lowest BCUT2D eigenvalue weighted by atomic mass is 9.96. The van der Waals surface area contributed by atoms with Crippen LogP contribution in [-0.4, -0.2) is 57.9 Å². The Kier molecular flexibility index (Phi) is 7.27. The van der Waals surface area contributed by atoms with Gasteiger partial charge in [-0.15, -0.1) is 0 Å². The van der Waals surface area contributed by atoms with Crippen LogP contribution in [0.3, 0.4) is 0 Å². The summed E-state index contributed by atoms with van der Waals surface area (Å²) in [6.45, 7) is 1.95. The molecule has 3 rings (SSSR count). The number of aliphatic hydroxyl groups excluding tert-OH is 1. The maximum Gasteiger partial charge on any atom is 0.330 e. The molecule has 3 amide bonds. The van der Waals surface area contributed by atoms with E-state index in [9.17, 15) is 24.3 Å². The number of nitrogens with one attached hydrogen (secondary N) is 4. The third-order valence-electron chi connectivity index (χ3n) is 5.46. The number of aromatic amines is 1. The van der Waals surface area contributed by atoms with Crippen molar-refractivity contribution in [2.75, 3.05) is 13.1 Å². The fraction of sp³-hybridized carbons (Fsp3) is 0.684. The van der Waals surface area contributed by atoms with Gasteiger partial charge in [-0.2, -0.15) is 0 Å². The van der Waals surface area contributed by atoms with Crippen LogP contribution in [0.25, 0.3) is 0 Å². The van der Waals surface area contributed by atoms with E-state index in [1.54, 1.807) is 6.92 Å². The molecule has 0 aromatic carbocycles. The Bertz CT molecular complexity index is 875. The van der Waals surface area contributed by atoms with E-state index in [1.807, 2.05) is 0 Å². The smallest absolute Gasteiger partial charge is 0.330 e. The van der Waals surface area contributed by atoms with Crippen molar-refractivity contribution in [1.29, 1.82) is 0 Å². The Morgan fingerprint density at radius 3 is 2.63 bits per heavy atom. The first-order valence-corrected chi connectivity index (χ1v) is 10.3. The molecule has 1 aromatic heterocycles. The second kappa shape index (κ2) is 9.90. The van der Waals surface area contributed by atoms with E-state index < -0.39 is 35.6 Å². The number of aryl methyl sites for hydroxylation is 1. The van der Waals surface area contributed by atoms with Crippen molar-refractivity contribution in [2.24, 2.45) is 0 Å². The first-order chi connectivity index (χ1) is 14.3. The van der Waals surface area contributed by atoms with Crippen LogP contribution in [-0.2, 0) is 9.53 Å². The van der Waals surface area contributed by atoms with Crippen LogP contribution in [0.4, 0.5) is 4.79 Å². The third kappa shape index (κ3) is 5.48. The van der Waals surface area contributed by atoms with E-state index in [-0.39, 0.29) is 31.6 Å². The molecule has 0 unspecified atom stereocenters. The lowest BCUT2D eigenvalue weighted by Crippen LogP contribution is -2.47. The predicted octanol–water partition coefficient (Wildman–Crippen LogP) is -0.758. The van der Waals surface area contributed by atoms with Crippen LogP contribution in [0.1, 0.15) is 50.3 Å². The van der Waals surface area contributed by atoms with Crippen molar-refractivity contribution in [1.82, 2.24) is 25.5 Å². The number of nitrogens with zero attached hydrogens (tertiary/aromatic N) is 1. The topological polar surface area (TPSA) is 155 Å². The molecule has 2 fully saturated rings.